The van der Waals surface area contributed by atoms with E-state index in [1.165, 1.54) is 82.6 Å². The molecule has 0 saturated carbocycles. The van der Waals surface area contributed by atoms with Crippen LogP contribution in [0.2, 0.25) is 0 Å². The Morgan fingerprint density at radius 3 is 2.00 bits per heavy atom. The molecule has 3 nitrogen and oxygen atoms in total. The van der Waals surface area contributed by atoms with E-state index in [4.69, 9.17) is 0 Å². The summed E-state index contributed by atoms with van der Waals surface area (Å²) < 4.78 is 0.952. The van der Waals surface area contributed by atoms with Gasteiger partial charge < -0.3 is 9.80 Å². The van der Waals surface area contributed by atoms with Gasteiger partial charge in [0.25, 0.3) is 0 Å². The van der Waals surface area contributed by atoms with Gasteiger partial charge >= 0.3 is 0 Å². The van der Waals surface area contributed by atoms with Gasteiger partial charge in [-0.25, -0.2) is 0 Å². The number of carbonyl (C=O) groups is 1. The number of allylic oxidation sites excluding steroid dienone is 2. The van der Waals surface area contributed by atoms with Crippen LogP contribution in [-0.2, 0) is 11.3 Å². The lowest BCUT2D eigenvalue weighted by Crippen LogP contribution is -2.41. The standard InChI is InChI=1S/C30H52N2O/c1-4-5-6-7-8-9-10-11-12-13-14-15-16-17-21-25-30(33)31-26-22-27-32(2,3)28-29-23-19-18-20-24-29/h11-12,18-20,23-24H,4-10,13-17,21-22,25-28H2,1-3H3/p+1/b12-11-. The van der Waals surface area contributed by atoms with Gasteiger partial charge in [0.15, 0.2) is 0 Å². The molecule has 1 rings (SSSR count). The number of nitrogens with one attached hydrogen (secondary N) is 1. The fraction of sp³-hybridized carbons (Fsp3) is 0.700. The Bertz CT molecular complexity index is 609. The highest BCUT2D eigenvalue weighted by Crippen LogP contribution is 2.11. The molecule has 0 saturated heterocycles. The maximum atomic E-state index is 12.1. The quantitative estimate of drug-likeness (QED) is 0.114. The van der Waals surface area contributed by atoms with Gasteiger partial charge in [0, 0.05) is 24.9 Å². The van der Waals surface area contributed by atoms with Crippen LogP contribution in [0.4, 0.5) is 0 Å². The molecule has 0 unspecified atom stereocenters. The summed E-state index contributed by atoms with van der Waals surface area (Å²) in [6.45, 7) is 5.17. The highest BCUT2D eigenvalue weighted by Gasteiger charge is 2.15. The Balaban J connectivity index is 1.88. The Kier molecular flexibility index (Phi) is 17.7. The molecule has 1 amide bonds. The smallest absolute Gasteiger partial charge is 0.219 e. The summed E-state index contributed by atoms with van der Waals surface area (Å²) in [5.41, 5.74) is 1.37. The normalized spacial score (nSPS) is 11.8. The van der Waals surface area contributed by atoms with E-state index < -0.39 is 0 Å². The average Bonchev–Trinajstić information content (AvgIpc) is 2.79. The number of hydrogen-bond donors (Lipinski definition) is 1. The SMILES string of the molecule is CCCCCCCC/C=C\CCCCCCCC(=O)NCCC[N+](C)(C)Cc1ccccc1. The lowest BCUT2D eigenvalue weighted by Gasteiger charge is -2.30. The van der Waals surface area contributed by atoms with Crippen LogP contribution in [-0.4, -0.2) is 37.6 Å². The number of rotatable bonds is 21. The van der Waals surface area contributed by atoms with Crippen LogP contribution in [0, 0.1) is 0 Å². The van der Waals surface area contributed by atoms with Crippen molar-refractivity contribution in [2.45, 2.75) is 110 Å². The van der Waals surface area contributed by atoms with Crippen molar-refractivity contribution in [2.75, 3.05) is 27.2 Å². The molecule has 0 aromatic heterocycles. The number of amides is 1. The van der Waals surface area contributed by atoms with Gasteiger partial charge in [-0.2, -0.15) is 0 Å². The van der Waals surface area contributed by atoms with Crippen LogP contribution in [0.5, 0.6) is 0 Å². The van der Waals surface area contributed by atoms with Crippen molar-refractivity contribution in [1.82, 2.24) is 5.32 Å². The molecule has 0 radical (unpaired) electrons. The Morgan fingerprint density at radius 2 is 1.36 bits per heavy atom. The van der Waals surface area contributed by atoms with Crippen LogP contribution >= 0.6 is 0 Å². The van der Waals surface area contributed by atoms with Crippen LogP contribution in [0.15, 0.2) is 42.5 Å². The van der Waals surface area contributed by atoms with Gasteiger partial charge in [0.2, 0.25) is 5.91 Å². The second kappa shape index (κ2) is 19.8. The first kappa shape index (κ1) is 29.4. The van der Waals surface area contributed by atoms with E-state index in [0.29, 0.717) is 6.42 Å². The number of carbonyl (C=O) groups excluding carboxylic acids is 1. The molecule has 0 spiro atoms. The van der Waals surface area contributed by atoms with E-state index in [9.17, 15) is 4.79 Å². The molecule has 0 aliphatic rings. The molecule has 0 atom stereocenters. The van der Waals surface area contributed by atoms with Crippen molar-refractivity contribution in [3.8, 4) is 0 Å². The Morgan fingerprint density at radius 1 is 0.788 bits per heavy atom. The summed E-state index contributed by atoms with van der Waals surface area (Å²) in [5, 5.41) is 3.11. The molecule has 1 aromatic carbocycles. The minimum Gasteiger partial charge on any atom is -0.356 e. The monoisotopic (exact) mass is 457 g/mol. The summed E-state index contributed by atoms with van der Waals surface area (Å²) in [4.78, 5) is 12.1. The minimum atomic E-state index is 0.223. The predicted molar refractivity (Wildman–Crippen MR) is 144 cm³/mol. The first-order chi connectivity index (χ1) is 16.0. The molecule has 188 valence electrons. The molecular formula is C30H53N2O+. The Hall–Kier alpha value is -1.61. The van der Waals surface area contributed by atoms with Crippen LogP contribution in [0.3, 0.4) is 0 Å². The summed E-state index contributed by atoms with van der Waals surface area (Å²) in [6.07, 6.45) is 23.3. The maximum absolute atomic E-state index is 12.1. The van der Waals surface area contributed by atoms with Gasteiger partial charge in [-0.1, -0.05) is 101 Å². The fourth-order valence-corrected chi connectivity index (χ4v) is 4.34. The van der Waals surface area contributed by atoms with E-state index in [-0.39, 0.29) is 5.91 Å². The third-order valence-electron chi connectivity index (χ3n) is 6.38. The summed E-state index contributed by atoms with van der Waals surface area (Å²) in [5.74, 6) is 0.223. The number of quaternary nitrogens is 1. The molecule has 0 bridgehead atoms. The molecule has 0 aliphatic heterocycles. The molecule has 0 fully saturated rings. The zero-order chi connectivity index (χ0) is 24.0. The highest BCUT2D eigenvalue weighted by atomic mass is 16.1. The summed E-state index contributed by atoms with van der Waals surface area (Å²) in [6, 6.07) is 10.6. The zero-order valence-electron chi connectivity index (χ0n) is 22.1. The number of nitrogens with zero attached hydrogens (tertiary/aromatic N) is 1. The van der Waals surface area contributed by atoms with Crippen molar-refractivity contribution in [3.63, 3.8) is 0 Å². The second-order valence-electron chi connectivity index (χ2n) is 10.3. The van der Waals surface area contributed by atoms with E-state index in [1.54, 1.807) is 0 Å². The molecule has 1 aromatic rings. The number of benzene rings is 1. The van der Waals surface area contributed by atoms with E-state index in [2.05, 4.69) is 68.8 Å². The van der Waals surface area contributed by atoms with Crippen molar-refractivity contribution in [1.29, 1.82) is 0 Å². The molecule has 0 aliphatic carbocycles. The van der Waals surface area contributed by atoms with Gasteiger partial charge in [0.05, 0.1) is 20.6 Å². The van der Waals surface area contributed by atoms with Gasteiger partial charge in [0.1, 0.15) is 6.54 Å². The Labute approximate surface area is 205 Å². The lowest BCUT2D eigenvalue weighted by atomic mass is 10.1. The molecule has 1 N–H and O–H groups in total. The van der Waals surface area contributed by atoms with E-state index >= 15 is 0 Å². The van der Waals surface area contributed by atoms with Crippen LogP contribution in [0.25, 0.3) is 0 Å². The zero-order valence-corrected chi connectivity index (χ0v) is 22.1. The summed E-state index contributed by atoms with van der Waals surface area (Å²) >= 11 is 0. The van der Waals surface area contributed by atoms with E-state index in [1.807, 2.05) is 0 Å². The maximum Gasteiger partial charge on any atom is 0.219 e. The van der Waals surface area contributed by atoms with Gasteiger partial charge in [-0.15, -0.1) is 0 Å². The van der Waals surface area contributed by atoms with Crippen molar-refractivity contribution >= 4 is 5.91 Å². The number of unbranched alkanes of at least 4 members (excludes halogenated alkanes) is 11. The molecular weight excluding hydrogens is 404 g/mol. The van der Waals surface area contributed by atoms with Crippen LogP contribution < -0.4 is 5.32 Å². The topological polar surface area (TPSA) is 29.1 Å². The van der Waals surface area contributed by atoms with Gasteiger partial charge in [-0.3, -0.25) is 4.79 Å². The molecule has 3 heteroatoms. The third kappa shape index (κ3) is 18.5. The number of hydrogen-bond acceptors (Lipinski definition) is 1. The third-order valence-corrected chi connectivity index (χ3v) is 6.38. The first-order valence-electron chi connectivity index (χ1n) is 13.8. The fourth-order valence-electron chi connectivity index (χ4n) is 4.34. The van der Waals surface area contributed by atoms with E-state index in [0.717, 1.165) is 37.0 Å². The first-order valence-corrected chi connectivity index (χ1v) is 13.8. The molecule has 0 heterocycles. The van der Waals surface area contributed by atoms with Crippen molar-refractivity contribution in [3.05, 3.63) is 48.0 Å². The largest absolute Gasteiger partial charge is 0.356 e. The average molecular weight is 458 g/mol. The predicted octanol–water partition coefficient (Wildman–Crippen LogP) is 7.81. The summed E-state index contributed by atoms with van der Waals surface area (Å²) in [7, 11) is 4.53. The highest BCUT2D eigenvalue weighted by molar-refractivity contribution is 5.75. The molecule has 33 heavy (non-hydrogen) atoms. The lowest BCUT2D eigenvalue weighted by molar-refractivity contribution is -0.903. The minimum absolute atomic E-state index is 0.223. The second-order valence-corrected chi connectivity index (χ2v) is 10.3. The van der Waals surface area contributed by atoms with Crippen LogP contribution in [0.1, 0.15) is 109 Å². The van der Waals surface area contributed by atoms with Crippen molar-refractivity contribution in [2.24, 2.45) is 0 Å². The van der Waals surface area contributed by atoms with Gasteiger partial charge in [-0.05, 0) is 32.1 Å². The van der Waals surface area contributed by atoms with Crippen molar-refractivity contribution < 1.29 is 9.28 Å².